The van der Waals surface area contributed by atoms with Gasteiger partial charge in [-0.25, -0.2) is 0 Å². The third-order valence-electron chi connectivity index (χ3n) is 2.77. The van der Waals surface area contributed by atoms with Crippen molar-refractivity contribution < 1.29 is 14.6 Å². The third kappa shape index (κ3) is 2.77. The molecule has 0 radical (unpaired) electrons. The maximum absolute atomic E-state index is 9.20. The summed E-state index contributed by atoms with van der Waals surface area (Å²) in [5.41, 5.74) is 0.977. The van der Waals surface area contributed by atoms with Gasteiger partial charge in [0.25, 0.3) is 0 Å². The zero-order valence-electron chi connectivity index (χ0n) is 10.7. The predicted molar refractivity (Wildman–Crippen MR) is 72.0 cm³/mol. The van der Waals surface area contributed by atoms with Crippen molar-refractivity contribution in [2.24, 2.45) is 0 Å². The van der Waals surface area contributed by atoms with E-state index in [9.17, 15) is 5.11 Å². The van der Waals surface area contributed by atoms with E-state index in [1.807, 2.05) is 18.2 Å². The molecule has 1 aromatic heterocycles. The van der Waals surface area contributed by atoms with Crippen LogP contribution in [0.2, 0.25) is 0 Å². The third-order valence-corrected chi connectivity index (χ3v) is 3.08. The highest BCUT2D eigenvalue weighted by Crippen LogP contribution is 2.27. The molecule has 2 aromatic rings. The fourth-order valence-electron chi connectivity index (χ4n) is 1.80. The summed E-state index contributed by atoms with van der Waals surface area (Å²) in [6.45, 7) is 0.339. The summed E-state index contributed by atoms with van der Waals surface area (Å²) in [5, 5.41) is 15.8. The molecular formula is C12H15N3O3S. The van der Waals surface area contributed by atoms with Crippen molar-refractivity contribution in [3.8, 4) is 11.5 Å². The first-order valence-corrected chi connectivity index (χ1v) is 6.06. The predicted octanol–water partition coefficient (Wildman–Crippen LogP) is 1.50. The molecule has 7 heteroatoms. The molecule has 2 N–H and O–H groups in total. The largest absolute Gasteiger partial charge is 0.493 e. The van der Waals surface area contributed by atoms with Crippen LogP contribution in [0.15, 0.2) is 18.2 Å². The van der Waals surface area contributed by atoms with Crippen LogP contribution in [0.4, 0.5) is 0 Å². The SMILES string of the molecule is COc1ccc(Cn2c(CO)n[nH]c2=S)cc1OC. The second-order valence-electron chi connectivity index (χ2n) is 3.88. The Hall–Kier alpha value is -1.86. The molecule has 6 nitrogen and oxygen atoms in total. The number of nitrogens with zero attached hydrogens (tertiary/aromatic N) is 2. The second-order valence-corrected chi connectivity index (χ2v) is 4.27. The zero-order valence-corrected chi connectivity index (χ0v) is 11.5. The van der Waals surface area contributed by atoms with E-state index in [-0.39, 0.29) is 6.61 Å². The van der Waals surface area contributed by atoms with Gasteiger partial charge in [0.2, 0.25) is 0 Å². The van der Waals surface area contributed by atoms with Gasteiger partial charge in [-0.15, -0.1) is 0 Å². The summed E-state index contributed by atoms with van der Waals surface area (Å²) in [6.07, 6.45) is 0. The maximum Gasteiger partial charge on any atom is 0.195 e. The molecule has 2 rings (SSSR count). The Bertz CT molecular complexity index is 621. The van der Waals surface area contributed by atoms with Crippen molar-refractivity contribution >= 4 is 12.2 Å². The molecule has 1 heterocycles. The van der Waals surface area contributed by atoms with Crippen LogP contribution >= 0.6 is 12.2 Å². The fourth-order valence-corrected chi connectivity index (χ4v) is 2.01. The molecule has 19 heavy (non-hydrogen) atoms. The number of H-pyrrole nitrogens is 1. The van der Waals surface area contributed by atoms with Gasteiger partial charge in [0.05, 0.1) is 20.8 Å². The van der Waals surface area contributed by atoms with E-state index in [2.05, 4.69) is 10.2 Å². The van der Waals surface area contributed by atoms with Gasteiger partial charge in [-0.05, 0) is 29.9 Å². The van der Waals surface area contributed by atoms with E-state index in [0.717, 1.165) is 5.56 Å². The van der Waals surface area contributed by atoms with E-state index < -0.39 is 0 Å². The minimum Gasteiger partial charge on any atom is -0.493 e. The van der Waals surface area contributed by atoms with Gasteiger partial charge in [0.15, 0.2) is 22.1 Å². The Balaban J connectivity index is 2.33. The van der Waals surface area contributed by atoms with E-state index in [1.54, 1.807) is 18.8 Å². The number of aromatic nitrogens is 3. The average Bonchev–Trinajstić information content (AvgIpc) is 2.79. The van der Waals surface area contributed by atoms with Gasteiger partial charge in [-0.3, -0.25) is 9.67 Å². The highest BCUT2D eigenvalue weighted by molar-refractivity contribution is 7.71. The second kappa shape index (κ2) is 5.85. The Labute approximate surface area is 115 Å². The average molecular weight is 281 g/mol. The minimum absolute atomic E-state index is 0.166. The quantitative estimate of drug-likeness (QED) is 0.813. The lowest BCUT2D eigenvalue weighted by Gasteiger charge is -2.10. The van der Waals surface area contributed by atoms with Crippen LogP contribution in [-0.4, -0.2) is 34.1 Å². The van der Waals surface area contributed by atoms with Gasteiger partial charge in [0, 0.05) is 0 Å². The number of benzene rings is 1. The Morgan fingerprint density at radius 1 is 1.32 bits per heavy atom. The molecule has 0 amide bonds. The summed E-state index contributed by atoms with van der Waals surface area (Å²) in [7, 11) is 3.18. The molecule has 0 spiro atoms. The topological polar surface area (TPSA) is 72.3 Å². The summed E-state index contributed by atoms with van der Waals surface area (Å²) in [5.74, 6) is 1.82. The molecule has 0 unspecified atom stereocenters. The van der Waals surface area contributed by atoms with Crippen LogP contribution < -0.4 is 9.47 Å². The lowest BCUT2D eigenvalue weighted by molar-refractivity contribution is 0.265. The molecule has 0 saturated heterocycles. The first-order chi connectivity index (χ1) is 9.19. The number of hydrogen-bond donors (Lipinski definition) is 2. The number of aromatic amines is 1. The van der Waals surface area contributed by atoms with Crippen LogP contribution in [0.1, 0.15) is 11.4 Å². The zero-order chi connectivity index (χ0) is 13.8. The van der Waals surface area contributed by atoms with Gasteiger partial charge < -0.3 is 14.6 Å². The number of hydrogen-bond acceptors (Lipinski definition) is 5. The van der Waals surface area contributed by atoms with Crippen molar-refractivity contribution in [1.29, 1.82) is 0 Å². The van der Waals surface area contributed by atoms with Crippen molar-refractivity contribution in [3.05, 3.63) is 34.4 Å². The van der Waals surface area contributed by atoms with Gasteiger partial charge in [-0.2, -0.15) is 5.10 Å². The van der Waals surface area contributed by atoms with Crippen LogP contribution in [0.3, 0.4) is 0 Å². The molecule has 0 aliphatic heterocycles. The normalized spacial score (nSPS) is 10.5. The smallest absolute Gasteiger partial charge is 0.195 e. The number of methoxy groups -OCH3 is 2. The van der Waals surface area contributed by atoms with Crippen molar-refractivity contribution in [2.45, 2.75) is 13.2 Å². The molecule has 1 aromatic carbocycles. The highest BCUT2D eigenvalue weighted by atomic mass is 32.1. The Morgan fingerprint density at radius 2 is 2.05 bits per heavy atom. The molecule has 0 fully saturated rings. The number of aliphatic hydroxyl groups is 1. The Kier molecular flexibility index (Phi) is 4.18. The van der Waals surface area contributed by atoms with Crippen LogP contribution in [0.25, 0.3) is 0 Å². The summed E-state index contributed by atoms with van der Waals surface area (Å²) in [4.78, 5) is 0. The fraction of sp³-hybridized carbons (Fsp3) is 0.333. The molecule has 0 bridgehead atoms. The molecule has 0 aliphatic rings. The van der Waals surface area contributed by atoms with Crippen molar-refractivity contribution in [1.82, 2.24) is 14.8 Å². The maximum atomic E-state index is 9.20. The van der Waals surface area contributed by atoms with Crippen molar-refractivity contribution in [2.75, 3.05) is 14.2 Å². The molecule has 0 atom stereocenters. The summed E-state index contributed by atoms with van der Waals surface area (Å²) < 4.78 is 12.6. The molecule has 0 aliphatic carbocycles. The van der Waals surface area contributed by atoms with Crippen molar-refractivity contribution in [3.63, 3.8) is 0 Å². The Morgan fingerprint density at radius 3 is 2.68 bits per heavy atom. The molecular weight excluding hydrogens is 266 g/mol. The highest BCUT2D eigenvalue weighted by Gasteiger charge is 2.08. The van der Waals surface area contributed by atoms with E-state index in [1.165, 1.54) is 0 Å². The van der Waals surface area contributed by atoms with E-state index in [0.29, 0.717) is 28.6 Å². The number of ether oxygens (including phenoxy) is 2. The van der Waals surface area contributed by atoms with E-state index >= 15 is 0 Å². The lowest BCUT2D eigenvalue weighted by atomic mass is 10.2. The van der Waals surface area contributed by atoms with Gasteiger partial charge >= 0.3 is 0 Å². The number of rotatable bonds is 5. The first kappa shape index (κ1) is 13.6. The molecule has 102 valence electrons. The summed E-state index contributed by atoms with van der Waals surface area (Å²) in [6, 6.07) is 5.61. The summed E-state index contributed by atoms with van der Waals surface area (Å²) >= 11 is 5.13. The monoisotopic (exact) mass is 281 g/mol. The minimum atomic E-state index is -0.166. The van der Waals surface area contributed by atoms with Gasteiger partial charge in [0.1, 0.15) is 6.61 Å². The lowest BCUT2D eigenvalue weighted by Crippen LogP contribution is -2.05. The molecule has 0 saturated carbocycles. The van der Waals surface area contributed by atoms with Gasteiger partial charge in [-0.1, -0.05) is 6.07 Å². The standard InChI is InChI=1S/C12H15N3O3S/c1-17-9-4-3-8(5-10(9)18-2)6-15-11(7-16)13-14-12(15)19/h3-5,16H,6-7H2,1-2H3,(H,14,19). The number of nitrogens with one attached hydrogen (secondary N) is 1. The van der Waals surface area contributed by atoms with E-state index in [4.69, 9.17) is 21.7 Å². The van der Waals surface area contributed by atoms with Crippen LogP contribution in [-0.2, 0) is 13.2 Å². The first-order valence-electron chi connectivity index (χ1n) is 5.65. The van der Waals surface area contributed by atoms with Crippen LogP contribution in [0, 0.1) is 4.77 Å². The number of aliphatic hydroxyl groups excluding tert-OH is 1. The van der Waals surface area contributed by atoms with Crippen LogP contribution in [0.5, 0.6) is 11.5 Å².